The highest BCUT2D eigenvalue weighted by atomic mass is 16.7. The fourth-order valence-electron chi connectivity index (χ4n) is 1.95. The first-order chi connectivity index (χ1) is 9.67. The van der Waals surface area contributed by atoms with Gasteiger partial charge in [0.1, 0.15) is 17.1 Å². The van der Waals surface area contributed by atoms with Gasteiger partial charge in [0.15, 0.2) is 13.6 Å². The van der Waals surface area contributed by atoms with Crippen LogP contribution in [0.1, 0.15) is 34.7 Å². The third-order valence-corrected chi connectivity index (χ3v) is 3.02. The van der Waals surface area contributed by atoms with E-state index in [0.29, 0.717) is 11.7 Å². The molecule has 6 heteroatoms. The Bertz CT molecular complexity index is 481. The summed E-state index contributed by atoms with van der Waals surface area (Å²) in [5.41, 5.74) is 1.01. The van der Waals surface area contributed by atoms with Crippen LogP contribution in [-0.4, -0.2) is 38.9 Å². The van der Waals surface area contributed by atoms with Gasteiger partial charge >= 0.3 is 5.97 Å². The third kappa shape index (κ3) is 3.40. The second kappa shape index (κ2) is 6.58. The molecule has 2 rings (SSSR count). The van der Waals surface area contributed by atoms with E-state index in [9.17, 15) is 9.90 Å². The van der Waals surface area contributed by atoms with Gasteiger partial charge in [-0.15, -0.1) is 0 Å². The molecule has 1 aromatic carbocycles. The maximum atomic E-state index is 11.3. The second-order valence-electron chi connectivity index (χ2n) is 4.57. The second-order valence-corrected chi connectivity index (χ2v) is 4.57. The predicted octanol–water partition coefficient (Wildman–Crippen LogP) is 2.23. The van der Waals surface area contributed by atoms with Crippen LogP contribution in [0, 0.1) is 0 Å². The maximum absolute atomic E-state index is 11.3. The lowest BCUT2D eigenvalue weighted by Gasteiger charge is -2.15. The van der Waals surface area contributed by atoms with Crippen molar-refractivity contribution >= 4 is 5.97 Å². The molecule has 1 saturated carbocycles. The Balaban J connectivity index is 2.35. The van der Waals surface area contributed by atoms with E-state index in [0.717, 1.165) is 18.4 Å². The fourth-order valence-corrected chi connectivity index (χ4v) is 1.95. The lowest BCUT2D eigenvalue weighted by Crippen LogP contribution is -2.08. The number of carboxylic acids is 1. The highest BCUT2D eigenvalue weighted by Gasteiger charge is 2.29. The van der Waals surface area contributed by atoms with Crippen molar-refractivity contribution in [3.63, 3.8) is 0 Å². The standard InChI is InChI=1S/C14H18O6/c1-17-7-19-12-6-13(20-8-18-2)11(14(15)16)5-10(12)9-3-4-9/h5-6,9H,3-4,7-8H2,1-2H3,(H,15,16). The van der Waals surface area contributed by atoms with Crippen LogP contribution in [0.3, 0.4) is 0 Å². The smallest absolute Gasteiger partial charge is 0.339 e. The van der Waals surface area contributed by atoms with E-state index in [1.165, 1.54) is 14.2 Å². The van der Waals surface area contributed by atoms with Crippen LogP contribution >= 0.6 is 0 Å². The quantitative estimate of drug-likeness (QED) is 0.737. The molecule has 0 unspecified atom stereocenters. The van der Waals surface area contributed by atoms with Gasteiger partial charge in [-0.1, -0.05) is 0 Å². The van der Waals surface area contributed by atoms with Crippen LogP contribution in [0.25, 0.3) is 0 Å². The van der Waals surface area contributed by atoms with Crippen molar-refractivity contribution in [1.82, 2.24) is 0 Å². The molecule has 6 nitrogen and oxygen atoms in total. The van der Waals surface area contributed by atoms with Crippen molar-refractivity contribution in [2.45, 2.75) is 18.8 Å². The molecule has 0 spiro atoms. The maximum Gasteiger partial charge on any atom is 0.339 e. The minimum Gasteiger partial charge on any atom is -0.478 e. The predicted molar refractivity (Wildman–Crippen MR) is 70.4 cm³/mol. The number of carbonyl (C=O) groups is 1. The molecular formula is C14H18O6. The van der Waals surface area contributed by atoms with E-state index in [4.69, 9.17) is 18.9 Å². The van der Waals surface area contributed by atoms with Gasteiger partial charge < -0.3 is 24.1 Å². The van der Waals surface area contributed by atoms with Crippen molar-refractivity contribution < 1.29 is 28.8 Å². The monoisotopic (exact) mass is 282 g/mol. The molecule has 0 heterocycles. The van der Waals surface area contributed by atoms with E-state index >= 15 is 0 Å². The summed E-state index contributed by atoms with van der Waals surface area (Å²) in [5, 5.41) is 9.27. The minimum absolute atomic E-state index is 0.0211. The first kappa shape index (κ1) is 14.6. The van der Waals surface area contributed by atoms with Crippen LogP contribution in [0.15, 0.2) is 12.1 Å². The van der Waals surface area contributed by atoms with Gasteiger partial charge in [0.2, 0.25) is 0 Å². The Labute approximate surface area is 117 Å². The topological polar surface area (TPSA) is 74.2 Å². The van der Waals surface area contributed by atoms with Gasteiger partial charge in [0.05, 0.1) is 0 Å². The number of hydrogen-bond donors (Lipinski definition) is 1. The van der Waals surface area contributed by atoms with Crippen LogP contribution in [0.5, 0.6) is 11.5 Å². The van der Waals surface area contributed by atoms with Crippen LogP contribution in [0.4, 0.5) is 0 Å². The molecule has 1 aliphatic rings. The normalized spacial score (nSPS) is 14.1. The summed E-state index contributed by atoms with van der Waals surface area (Å²) in [6, 6.07) is 3.21. The van der Waals surface area contributed by atoms with Gasteiger partial charge in [-0.05, 0) is 30.4 Å². The highest BCUT2D eigenvalue weighted by Crippen LogP contribution is 2.46. The van der Waals surface area contributed by atoms with Gasteiger partial charge in [-0.3, -0.25) is 0 Å². The Morgan fingerprint density at radius 3 is 2.25 bits per heavy atom. The fraction of sp³-hybridized carbons (Fsp3) is 0.500. The van der Waals surface area contributed by atoms with E-state index in [1.54, 1.807) is 12.1 Å². The Morgan fingerprint density at radius 1 is 1.15 bits per heavy atom. The lowest BCUT2D eigenvalue weighted by molar-refractivity contribution is 0.0441. The van der Waals surface area contributed by atoms with E-state index in [2.05, 4.69) is 0 Å². The Morgan fingerprint density at radius 2 is 1.75 bits per heavy atom. The zero-order valence-corrected chi connectivity index (χ0v) is 11.5. The number of carboxylic acid groups (broad SMARTS) is 1. The number of hydrogen-bond acceptors (Lipinski definition) is 5. The molecule has 0 saturated heterocycles. The molecule has 0 atom stereocenters. The molecule has 1 aliphatic carbocycles. The Kier molecular flexibility index (Phi) is 4.81. The average molecular weight is 282 g/mol. The number of benzene rings is 1. The van der Waals surface area contributed by atoms with Crippen molar-refractivity contribution in [3.8, 4) is 11.5 Å². The minimum atomic E-state index is -1.03. The summed E-state index contributed by atoms with van der Waals surface area (Å²) >= 11 is 0. The van der Waals surface area contributed by atoms with Crippen molar-refractivity contribution in [3.05, 3.63) is 23.3 Å². The van der Waals surface area contributed by atoms with Gasteiger partial charge in [0, 0.05) is 20.3 Å². The van der Waals surface area contributed by atoms with Crippen molar-refractivity contribution in [2.24, 2.45) is 0 Å². The highest BCUT2D eigenvalue weighted by molar-refractivity contribution is 5.91. The van der Waals surface area contributed by atoms with Gasteiger partial charge in [-0.25, -0.2) is 4.79 Å². The van der Waals surface area contributed by atoms with Crippen molar-refractivity contribution in [2.75, 3.05) is 27.8 Å². The number of aromatic carboxylic acids is 1. The average Bonchev–Trinajstić information content (AvgIpc) is 3.26. The molecule has 1 fully saturated rings. The number of methoxy groups -OCH3 is 2. The Hall–Kier alpha value is -1.79. The zero-order valence-electron chi connectivity index (χ0n) is 11.5. The van der Waals surface area contributed by atoms with E-state index < -0.39 is 5.97 Å². The SMILES string of the molecule is COCOc1cc(OCOC)c(C2CC2)cc1C(=O)O. The summed E-state index contributed by atoms with van der Waals surface area (Å²) in [4.78, 5) is 11.3. The molecule has 0 bridgehead atoms. The first-order valence-corrected chi connectivity index (χ1v) is 6.32. The van der Waals surface area contributed by atoms with Crippen LogP contribution in [-0.2, 0) is 9.47 Å². The number of ether oxygens (including phenoxy) is 4. The molecular weight excluding hydrogens is 264 g/mol. The molecule has 0 aromatic heterocycles. The summed E-state index contributed by atoms with van der Waals surface area (Å²) in [7, 11) is 3.01. The molecule has 0 radical (unpaired) electrons. The van der Waals surface area contributed by atoms with Gasteiger partial charge in [-0.2, -0.15) is 0 Å². The van der Waals surface area contributed by atoms with Crippen LogP contribution in [0.2, 0.25) is 0 Å². The lowest BCUT2D eigenvalue weighted by atomic mass is 10.0. The molecule has 0 aliphatic heterocycles. The van der Waals surface area contributed by atoms with E-state index in [-0.39, 0.29) is 24.9 Å². The summed E-state index contributed by atoms with van der Waals surface area (Å²) < 4.78 is 20.5. The van der Waals surface area contributed by atoms with Crippen LogP contribution < -0.4 is 9.47 Å². The van der Waals surface area contributed by atoms with Crippen molar-refractivity contribution in [1.29, 1.82) is 0 Å². The van der Waals surface area contributed by atoms with E-state index in [1.807, 2.05) is 0 Å². The largest absolute Gasteiger partial charge is 0.478 e. The molecule has 1 N–H and O–H groups in total. The summed E-state index contributed by atoms with van der Waals surface area (Å²) in [6.07, 6.45) is 2.08. The third-order valence-electron chi connectivity index (χ3n) is 3.02. The molecule has 110 valence electrons. The summed E-state index contributed by atoms with van der Waals surface area (Å²) in [5.74, 6) is 0.160. The zero-order chi connectivity index (χ0) is 14.5. The molecule has 20 heavy (non-hydrogen) atoms. The summed E-state index contributed by atoms with van der Waals surface area (Å²) in [6.45, 7) is 0.0859. The number of rotatable bonds is 8. The first-order valence-electron chi connectivity index (χ1n) is 6.32. The molecule has 0 amide bonds. The molecule has 1 aromatic rings. The van der Waals surface area contributed by atoms with Gasteiger partial charge in [0.25, 0.3) is 0 Å².